The predicted octanol–water partition coefficient (Wildman–Crippen LogP) is 1.68. The number of carbonyl (C=O) groups is 1. The van der Waals surface area contributed by atoms with Crippen LogP contribution in [0.5, 0.6) is 0 Å². The first-order valence-corrected chi connectivity index (χ1v) is 6.24. The van der Waals surface area contributed by atoms with Crippen LogP contribution in [-0.2, 0) is 9.53 Å². The maximum atomic E-state index is 11.7. The van der Waals surface area contributed by atoms with Crippen molar-refractivity contribution in [2.45, 2.75) is 52.6 Å². The van der Waals surface area contributed by atoms with Crippen molar-refractivity contribution in [2.24, 2.45) is 11.1 Å². The molecule has 0 unspecified atom stereocenters. The summed E-state index contributed by atoms with van der Waals surface area (Å²) in [6.07, 6.45) is 2.36. The first kappa shape index (κ1) is 16.4. The Morgan fingerprint density at radius 3 is 2.29 bits per heavy atom. The van der Waals surface area contributed by atoms with Crippen molar-refractivity contribution >= 4 is 5.91 Å². The van der Waals surface area contributed by atoms with Crippen LogP contribution in [-0.4, -0.2) is 31.7 Å². The molecule has 0 aromatic heterocycles. The largest absolute Gasteiger partial charge is 0.377 e. The van der Waals surface area contributed by atoms with Crippen molar-refractivity contribution in [2.75, 3.05) is 20.2 Å². The molecule has 4 nitrogen and oxygen atoms in total. The third-order valence-electron chi connectivity index (χ3n) is 3.11. The first-order chi connectivity index (χ1) is 7.72. The van der Waals surface area contributed by atoms with Crippen LogP contribution in [0.25, 0.3) is 0 Å². The van der Waals surface area contributed by atoms with Crippen molar-refractivity contribution < 1.29 is 9.53 Å². The van der Waals surface area contributed by atoms with Gasteiger partial charge in [-0.3, -0.25) is 4.79 Å². The maximum Gasteiger partial charge on any atom is 0.220 e. The van der Waals surface area contributed by atoms with Crippen LogP contribution < -0.4 is 11.1 Å². The van der Waals surface area contributed by atoms with Gasteiger partial charge in [0, 0.05) is 20.1 Å². The zero-order valence-electron chi connectivity index (χ0n) is 11.9. The Morgan fingerprint density at radius 1 is 1.24 bits per heavy atom. The average Bonchev–Trinajstić information content (AvgIpc) is 2.24. The monoisotopic (exact) mass is 244 g/mol. The quantitative estimate of drug-likeness (QED) is 0.683. The molecular formula is C13H28N2O2. The van der Waals surface area contributed by atoms with E-state index in [2.05, 4.69) is 19.2 Å². The fourth-order valence-corrected chi connectivity index (χ4v) is 1.44. The highest BCUT2D eigenvalue weighted by Gasteiger charge is 2.20. The third-order valence-corrected chi connectivity index (χ3v) is 3.11. The molecule has 1 amide bonds. The van der Waals surface area contributed by atoms with Crippen molar-refractivity contribution in [3.8, 4) is 0 Å². The van der Waals surface area contributed by atoms with E-state index in [0.29, 0.717) is 19.5 Å². The van der Waals surface area contributed by atoms with E-state index < -0.39 is 0 Å². The van der Waals surface area contributed by atoms with Gasteiger partial charge in [0.15, 0.2) is 0 Å². The smallest absolute Gasteiger partial charge is 0.220 e. The van der Waals surface area contributed by atoms with Crippen LogP contribution in [0.15, 0.2) is 0 Å². The summed E-state index contributed by atoms with van der Waals surface area (Å²) in [5.41, 5.74) is 5.38. The van der Waals surface area contributed by atoms with Crippen molar-refractivity contribution in [1.29, 1.82) is 0 Å². The molecule has 0 aliphatic heterocycles. The van der Waals surface area contributed by atoms with Crippen LogP contribution >= 0.6 is 0 Å². The molecule has 3 N–H and O–H groups in total. The molecule has 0 spiro atoms. The van der Waals surface area contributed by atoms with Gasteiger partial charge in [0.25, 0.3) is 0 Å². The Labute approximate surface area is 105 Å². The van der Waals surface area contributed by atoms with E-state index in [1.807, 2.05) is 13.8 Å². The SMILES string of the molecule is COC(C)(C)CNC(=O)CCC(C)(C)CCN. The van der Waals surface area contributed by atoms with E-state index in [-0.39, 0.29) is 16.9 Å². The molecule has 0 saturated carbocycles. The lowest BCUT2D eigenvalue weighted by Gasteiger charge is -2.25. The lowest BCUT2D eigenvalue weighted by atomic mass is 9.84. The Balaban J connectivity index is 3.88. The lowest BCUT2D eigenvalue weighted by molar-refractivity contribution is -0.122. The zero-order chi connectivity index (χ0) is 13.5. The molecule has 0 radical (unpaired) electrons. The number of hydrogen-bond donors (Lipinski definition) is 2. The standard InChI is InChI=1S/C13H28N2O2/c1-12(2,8-9-14)7-6-11(16)15-10-13(3,4)17-5/h6-10,14H2,1-5H3,(H,15,16). The summed E-state index contributed by atoms with van der Waals surface area (Å²) >= 11 is 0. The lowest BCUT2D eigenvalue weighted by Crippen LogP contribution is -2.40. The van der Waals surface area contributed by atoms with Gasteiger partial charge in [0.05, 0.1) is 5.60 Å². The van der Waals surface area contributed by atoms with Gasteiger partial charge in [-0.05, 0) is 38.6 Å². The second kappa shape index (κ2) is 6.97. The number of nitrogens with two attached hydrogens (primary N) is 1. The Hall–Kier alpha value is -0.610. The molecule has 0 atom stereocenters. The molecule has 0 aromatic rings. The normalized spacial score (nSPS) is 12.6. The summed E-state index contributed by atoms with van der Waals surface area (Å²) in [7, 11) is 1.65. The number of methoxy groups -OCH3 is 1. The van der Waals surface area contributed by atoms with Crippen molar-refractivity contribution in [3.63, 3.8) is 0 Å². The van der Waals surface area contributed by atoms with Crippen molar-refractivity contribution in [3.05, 3.63) is 0 Å². The van der Waals surface area contributed by atoms with Gasteiger partial charge in [0.1, 0.15) is 0 Å². The number of rotatable bonds is 8. The molecule has 4 heteroatoms. The molecule has 0 heterocycles. The van der Waals surface area contributed by atoms with Gasteiger partial charge in [-0.2, -0.15) is 0 Å². The molecule has 0 bridgehead atoms. The molecule has 17 heavy (non-hydrogen) atoms. The van der Waals surface area contributed by atoms with Gasteiger partial charge in [-0.1, -0.05) is 13.8 Å². The average molecular weight is 244 g/mol. The van der Waals surface area contributed by atoms with E-state index in [9.17, 15) is 4.79 Å². The molecule has 0 fully saturated rings. The highest BCUT2D eigenvalue weighted by molar-refractivity contribution is 5.75. The second-order valence-electron chi connectivity index (χ2n) is 5.94. The minimum absolute atomic E-state index is 0.0835. The van der Waals surface area contributed by atoms with Gasteiger partial charge in [-0.25, -0.2) is 0 Å². The Kier molecular flexibility index (Phi) is 6.72. The molecule has 102 valence electrons. The number of hydrogen-bond acceptors (Lipinski definition) is 3. The molecular weight excluding hydrogens is 216 g/mol. The highest BCUT2D eigenvalue weighted by atomic mass is 16.5. The molecule has 0 aliphatic rings. The highest BCUT2D eigenvalue weighted by Crippen LogP contribution is 2.25. The maximum absolute atomic E-state index is 11.7. The van der Waals surface area contributed by atoms with Crippen LogP contribution in [0, 0.1) is 5.41 Å². The van der Waals surface area contributed by atoms with Crippen LogP contribution in [0.3, 0.4) is 0 Å². The molecule has 0 aromatic carbocycles. The predicted molar refractivity (Wildman–Crippen MR) is 70.8 cm³/mol. The number of nitrogens with one attached hydrogen (secondary N) is 1. The van der Waals surface area contributed by atoms with E-state index in [0.717, 1.165) is 12.8 Å². The fraction of sp³-hybridized carbons (Fsp3) is 0.923. The zero-order valence-corrected chi connectivity index (χ0v) is 11.9. The topological polar surface area (TPSA) is 64.3 Å². The minimum atomic E-state index is -0.303. The minimum Gasteiger partial charge on any atom is -0.377 e. The van der Waals surface area contributed by atoms with Crippen LogP contribution in [0.2, 0.25) is 0 Å². The van der Waals surface area contributed by atoms with Gasteiger partial charge in [0.2, 0.25) is 5.91 Å². The van der Waals surface area contributed by atoms with E-state index in [4.69, 9.17) is 10.5 Å². The molecule has 0 aliphatic carbocycles. The summed E-state index contributed by atoms with van der Waals surface area (Å²) in [4.78, 5) is 11.7. The van der Waals surface area contributed by atoms with E-state index in [1.54, 1.807) is 7.11 Å². The van der Waals surface area contributed by atoms with Gasteiger partial charge < -0.3 is 15.8 Å². The third kappa shape index (κ3) is 8.16. The summed E-state index contributed by atoms with van der Waals surface area (Å²) in [6.45, 7) is 9.40. The summed E-state index contributed by atoms with van der Waals surface area (Å²) in [5, 5.41) is 2.89. The first-order valence-electron chi connectivity index (χ1n) is 6.24. The molecule has 0 saturated heterocycles. The molecule has 0 rings (SSSR count). The Morgan fingerprint density at radius 2 is 1.82 bits per heavy atom. The van der Waals surface area contributed by atoms with E-state index >= 15 is 0 Å². The summed E-state index contributed by atoms with van der Waals surface area (Å²) in [6, 6.07) is 0. The Bertz CT molecular complexity index is 238. The van der Waals surface area contributed by atoms with Gasteiger partial charge in [-0.15, -0.1) is 0 Å². The van der Waals surface area contributed by atoms with Crippen LogP contribution in [0.1, 0.15) is 47.0 Å². The number of amides is 1. The summed E-state index contributed by atoms with van der Waals surface area (Å²) in [5.74, 6) is 0.0835. The van der Waals surface area contributed by atoms with E-state index in [1.165, 1.54) is 0 Å². The number of ether oxygens (including phenoxy) is 1. The van der Waals surface area contributed by atoms with Crippen LogP contribution in [0.4, 0.5) is 0 Å². The number of carbonyl (C=O) groups excluding carboxylic acids is 1. The van der Waals surface area contributed by atoms with Crippen molar-refractivity contribution in [1.82, 2.24) is 5.32 Å². The summed E-state index contributed by atoms with van der Waals surface area (Å²) < 4.78 is 5.24. The fourth-order valence-electron chi connectivity index (χ4n) is 1.44. The van der Waals surface area contributed by atoms with Gasteiger partial charge >= 0.3 is 0 Å². The second-order valence-corrected chi connectivity index (χ2v) is 5.94.